The number of carbonyl (C=O) groups excluding carboxylic acids is 1. The molecule has 30 heavy (non-hydrogen) atoms. The Morgan fingerprint density at radius 2 is 1.97 bits per heavy atom. The molecule has 1 atom stereocenters. The number of aromatic amines is 1. The van der Waals surface area contributed by atoms with E-state index in [0.717, 1.165) is 47.8 Å². The largest absolute Gasteiger partial charge is 0.341 e. The number of H-pyrrole nitrogens is 1. The van der Waals surface area contributed by atoms with Crippen LogP contribution in [0.1, 0.15) is 23.8 Å². The normalized spacial score (nSPS) is 16.8. The summed E-state index contributed by atoms with van der Waals surface area (Å²) >= 11 is 3.13. The molecule has 1 aliphatic heterocycles. The molecule has 0 saturated carbocycles. The summed E-state index contributed by atoms with van der Waals surface area (Å²) in [6.07, 6.45) is 2.09. The van der Waals surface area contributed by atoms with Crippen molar-refractivity contribution in [2.24, 2.45) is 0 Å². The summed E-state index contributed by atoms with van der Waals surface area (Å²) < 4.78 is 1.21. The van der Waals surface area contributed by atoms with Gasteiger partial charge in [-0.1, -0.05) is 54.2 Å². The highest BCUT2D eigenvalue weighted by Gasteiger charge is 2.27. The highest BCUT2D eigenvalue weighted by atomic mass is 32.2. The second-order valence-corrected chi connectivity index (χ2v) is 9.32. The van der Waals surface area contributed by atoms with Crippen LogP contribution in [-0.4, -0.2) is 49.8 Å². The number of hydrogen-bond acceptors (Lipinski definition) is 6. The Hall–Kier alpha value is -2.71. The Bertz CT molecular complexity index is 1120. The molecule has 0 aliphatic carbocycles. The number of carbonyl (C=O) groups is 1. The number of hydrogen-bond donors (Lipinski definition) is 1. The Morgan fingerprint density at radius 1 is 1.13 bits per heavy atom. The molecule has 152 valence electrons. The van der Waals surface area contributed by atoms with Gasteiger partial charge in [0.25, 0.3) is 0 Å². The molecule has 0 bridgehead atoms. The third kappa shape index (κ3) is 4.11. The number of para-hydroxylation sites is 1. The average molecular weight is 436 g/mol. The summed E-state index contributed by atoms with van der Waals surface area (Å²) in [5, 5.41) is 8.94. The van der Waals surface area contributed by atoms with E-state index in [2.05, 4.69) is 27.3 Å². The van der Waals surface area contributed by atoms with Crippen LogP contribution in [0, 0.1) is 0 Å². The number of rotatable bonds is 5. The van der Waals surface area contributed by atoms with Gasteiger partial charge in [-0.2, -0.15) is 0 Å². The van der Waals surface area contributed by atoms with Gasteiger partial charge in [0, 0.05) is 24.6 Å². The molecule has 3 heterocycles. The van der Waals surface area contributed by atoms with Gasteiger partial charge in [0.2, 0.25) is 11.1 Å². The van der Waals surface area contributed by atoms with Crippen LogP contribution in [0.15, 0.2) is 59.8 Å². The minimum atomic E-state index is 0.136. The number of nitrogens with zero attached hydrogens (tertiary/aromatic N) is 4. The molecule has 1 N–H and O–H groups in total. The molecule has 2 aromatic carbocycles. The van der Waals surface area contributed by atoms with E-state index < -0.39 is 0 Å². The van der Waals surface area contributed by atoms with E-state index in [1.165, 1.54) is 16.5 Å². The fourth-order valence-electron chi connectivity index (χ4n) is 3.72. The van der Waals surface area contributed by atoms with Crippen molar-refractivity contribution in [1.29, 1.82) is 0 Å². The molecule has 0 spiro atoms. The topological polar surface area (TPSA) is 74.8 Å². The molecule has 0 unspecified atom stereocenters. The van der Waals surface area contributed by atoms with Crippen molar-refractivity contribution in [2.75, 3.05) is 18.8 Å². The third-order valence-electron chi connectivity index (χ3n) is 5.27. The van der Waals surface area contributed by atoms with Crippen molar-refractivity contribution >= 4 is 39.2 Å². The predicted molar refractivity (Wildman–Crippen MR) is 121 cm³/mol. The van der Waals surface area contributed by atoms with Gasteiger partial charge in [0.15, 0.2) is 5.82 Å². The molecule has 8 heteroatoms. The van der Waals surface area contributed by atoms with Gasteiger partial charge in [-0.15, -0.1) is 16.4 Å². The maximum Gasteiger partial charge on any atom is 0.233 e. The van der Waals surface area contributed by atoms with E-state index in [9.17, 15) is 4.79 Å². The number of benzene rings is 2. The van der Waals surface area contributed by atoms with E-state index in [-0.39, 0.29) is 5.91 Å². The number of fused-ring (bicyclic) bond motifs is 1. The first-order valence-corrected chi connectivity index (χ1v) is 11.8. The van der Waals surface area contributed by atoms with Crippen LogP contribution in [-0.2, 0) is 4.79 Å². The van der Waals surface area contributed by atoms with Crippen molar-refractivity contribution in [1.82, 2.24) is 25.1 Å². The minimum absolute atomic E-state index is 0.136. The number of nitrogens with one attached hydrogen (secondary N) is 1. The van der Waals surface area contributed by atoms with Gasteiger partial charge in [0.05, 0.1) is 21.0 Å². The number of thiazole rings is 1. The van der Waals surface area contributed by atoms with Crippen molar-refractivity contribution in [3.63, 3.8) is 0 Å². The van der Waals surface area contributed by atoms with Gasteiger partial charge in [-0.05, 0) is 25.0 Å². The van der Waals surface area contributed by atoms with Crippen LogP contribution in [0.4, 0.5) is 0 Å². The molecule has 6 nitrogen and oxygen atoms in total. The first-order chi connectivity index (χ1) is 14.8. The van der Waals surface area contributed by atoms with Crippen LogP contribution in [0.3, 0.4) is 0 Å². The van der Waals surface area contributed by atoms with Crippen LogP contribution >= 0.6 is 23.1 Å². The third-order valence-corrected chi connectivity index (χ3v) is 7.30. The number of aromatic nitrogens is 4. The Balaban J connectivity index is 1.20. The summed E-state index contributed by atoms with van der Waals surface area (Å²) in [5.74, 6) is 1.52. The molecule has 1 fully saturated rings. The Kier molecular flexibility index (Phi) is 5.50. The molecule has 1 saturated heterocycles. The fourth-order valence-corrected chi connectivity index (χ4v) is 5.52. The molecular formula is C22H21N5OS2. The lowest BCUT2D eigenvalue weighted by Crippen LogP contribution is -2.40. The van der Waals surface area contributed by atoms with Gasteiger partial charge >= 0.3 is 0 Å². The van der Waals surface area contributed by atoms with Crippen molar-refractivity contribution in [2.45, 2.75) is 23.9 Å². The highest BCUT2D eigenvalue weighted by Crippen LogP contribution is 2.33. The van der Waals surface area contributed by atoms with E-state index in [1.54, 1.807) is 11.3 Å². The number of likely N-dealkylation sites (tertiary alicyclic amines) is 1. The van der Waals surface area contributed by atoms with Crippen LogP contribution in [0.5, 0.6) is 0 Å². The molecule has 1 aliphatic rings. The van der Waals surface area contributed by atoms with Gasteiger partial charge in [-0.3, -0.25) is 9.89 Å². The zero-order valence-corrected chi connectivity index (χ0v) is 18.0. The zero-order chi connectivity index (χ0) is 20.3. The summed E-state index contributed by atoms with van der Waals surface area (Å²) in [7, 11) is 0. The van der Waals surface area contributed by atoms with Gasteiger partial charge in [-0.25, -0.2) is 9.97 Å². The molecule has 1 amide bonds. The lowest BCUT2D eigenvalue weighted by Gasteiger charge is -2.31. The highest BCUT2D eigenvalue weighted by molar-refractivity contribution is 7.99. The second kappa shape index (κ2) is 8.57. The van der Waals surface area contributed by atoms with E-state index in [1.807, 2.05) is 47.4 Å². The predicted octanol–water partition coefficient (Wildman–Crippen LogP) is 4.58. The lowest BCUT2D eigenvalue weighted by molar-refractivity contribution is -0.129. The van der Waals surface area contributed by atoms with E-state index in [0.29, 0.717) is 16.8 Å². The summed E-state index contributed by atoms with van der Waals surface area (Å²) in [6.45, 7) is 1.55. The molecule has 4 aromatic rings. The quantitative estimate of drug-likeness (QED) is 0.465. The second-order valence-electron chi connectivity index (χ2n) is 7.32. The average Bonchev–Trinajstić information content (AvgIpc) is 3.45. The van der Waals surface area contributed by atoms with Crippen LogP contribution in [0.2, 0.25) is 0 Å². The molecule has 5 rings (SSSR count). The van der Waals surface area contributed by atoms with Gasteiger partial charge in [0.1, 0.15) is 0 Å². The maximum absolute atomic E-state index is 12.8. The molecule has 0 radical (unpaired) electrons. The van der Waals surface area contributed by atoms with E-state index in [4.69, 9.17) is 4.98 Å². The Morgan fingerprint density at radius 3 is 2.83 bits per heavy atom. The smallest absolute Gasteiger partial charge is 0.233 e. The van der Waals surface area contributed by atoms with E-state index >= 15 is 0 Å². The monoisotopic (exact) mass is 435 g/mol. The van der Waals surface area contributed by atoms with Crippen LogP contribution in [0.25, 0.3) is 21.6 Å². The summed E-state index contributed by atoms with van der Waals surface area (Å²) in [4.78, 5) is 24.1. The fraction of sp³-hybridized carbons (Fsp3) is 0.273. The van der Waals surface area contributed by atoms with Crippen molar-refractivity contribution in [3.05, 3.63) is 59.6 Å². The molecular weight excluding hydrogens is 414 g/mol. The first-order valence-electron chi connectivity index (χ1n) is 10.00. The molecule has 2 aromatic heterocycles. The minimum Gasteiger partial charge on any atom is -0.341 e. The standard InChI is InChI=1S/C22H21N5OS2/c28-19(14-29-22-24-20(25-26-22)15-7-2-1-3-8-15)27-12-6-9-16(13-27)21-23-17-10-4-5-11-18(17)30-21/h1-5,7-8,10-11,16H,6,9,12-14H2,(H,24,25,26)/t16-/m0/s1. The first kappa shape index (κ1) is 19.3. The number of thioether (sulfide) groups is 1. The lowest BCUT2D eigenvalue weighted by atomic mass is 9.99. The van der Waals surface area contributed by atoms with Crippen LogP contribution < -0.4 is 0 Å². The maximum atomic E-state index is 12.8. The van der Waals surface area contributed by atoms with Crippen molar-refractivity contribution < 1.29 is 4.79 Å². The number of amides is 1. The van der Waals surface area contributed by atoms with Crippen molar-refractivity contribution in [3.8, 4) is 11.4 Å². The van der Waals surface area contributed by atoms with Gasteiger partial charge < -0.3 is 4.90 Å². The summed E-state index contributed by atoms with van der Waals surface area (Å²) in [5.41, 5.74) is 2.04. The number of piperidine rings is 1. The Labute approximate surface area is 182 Å². The SMILES string of the molecule is O=C(CSc1n[nH]c(-c2ccccc2)n1)N1CCC[C@H](c2nc3ccccc3s2)C1. The summed E-state index contributed by atoms with van der Waals surface area (Å²) in [6, 6.07) is 18.1. The zero-order valence-electron chi connectivity index (χ0n) is 16.3.